The molecular formula is C23H26FN5O2S. The number of carbonyl (C=O) groups is 1. The molecule has 1 saturated carbocycles. The zero-order valence-corrected chi connectivity index (χ0v) is 18.8. The van der Waals surface area contributed by atoms with Gasteiger partial charge in [-0.1, -0.05) is 23.5 Å². The van der Waals surface area contributed by atoms with Crippen LogP contribution in [0.2, 0.25) is 0 Å². The van der Waals surface area contributed by atoms with Gasteiger partial charge in [0.1, 0.15) is 10.8 Å². The zero-order valence-electron chi connectivity index (χ0n) is 17.9. The van der Waals surface area contributed by atoms with E-state index in [2.05, 4.69) is 25.1 Å². The van der Waals surface area contributed by atoms with Gasteiger partial charge in [-0.05, 0) is 36.8 Å². The highest BCUT2D eigenvalue weighted by Crippen LogP contribution is 2.37. The second kappa shape index (κ2) is 8.63. The number of fused-ring (bicyclic) bond motifs is 1. The number of H-pyrrole nitrogens is 1. The van der Waals surface area contributed by atoms with Crippen LogP contribution in [0.3, 0.4) is 0 Å². The number of halogens is 1. The molecule has 9 heteroatoms. The highest BCUT2D eigenvalue weighted by molar-refractivity contribution is 7.17. The van der Waals surface area contributed by atoms with Crippen LogP contribution in [-0.4, -0.2) is 60.0 Å². The number of pyridine rings is 1. The predicted molar refractivity (Wildman–Crippen MR) is 124 cm³/mol. The SMILES string of the molecule is CNC(=O)c1ncc(N2CCN([C@@H]3CC[C@@H](c4cc5cccc(F)c5c(=O)[nH]4)C3)CC2)s1. The first-order valence-electron chi connectivity index (χ1n) is 11.0. The van der Waals surface area contributed by atoms with Crippen LogP contribution in [0.5, 0.6) is 0 Å². The lowest BCUT2D eigenvalue weighted by Gasteiger charge is -2.38. The van der Waals surface area contributed by atoms with Crippen molar-refractivity contribution < 1.29 is 9.18 Å². The van der Waals surface area contributed by atoms with Crippen molar-refractivity contribution in [3.05, 3.63) is 57.3 Å². The number of carbonyl (C=O) groups excluding carboxylic acids is 1. The van der Waals surface area contributed by atoms with Gasteiger partial charge in [0, 0.05) is 50.9 Å². The monoisotopic (exact) mass is 455 g/mol. The van der Waals surface area contributed by atoms with Gasteiger partial charge in [0.15, 0.2) is 5.01 Å². The van der Waals surface area contributed by atoms with Crippen LogP contribution in [0.25, 0.3) is 10.8 Å². The summed E-state index contributed by atoms with van der Waals surface area (Å²) in [5.41, 5.74) is 0.578. The van der Waals surface area contributed by atoms with Crippen molar-refractivity contribution in [1.29, 1.82) is 0 Å². The average Bonchev–Trinajstić information content (AvgIpc) is 3.49. The summed E-state index contributed by atoms with van der Waals surface area (Å²) >= 11 is 1.43. The van der Waals surface area contributed by atoms with Crippen LogP contribution < -0.4 is 15.8 Å². The highest BCUT2D eigenvalue weighted by Gasteiger charge is 2.33. The Bertz CT molecular complexity index is 1200. The molecular weight excluding hydrogens is 429 g/mol. The number of benzene rings is 1. The summed E-state index contributed by atoms with van der Waals surface area (Å²) in [6.07, 6.45) is 4.90. The topological polar surface area (TPSA) is 81.3 Å². The first-order valence-corrected chi connectivity index (χ1v) is 11.8. The van der Waals surface area contributed by atoms with Crippen molar-refractivity contribution in [2.45, 2.75) is 31.2 Å². The molecule has 1 aliphatic heterocycles. The summed E-state index contributed by atoms with van der Waals surface area (Å²) in [6.45, 7) is 3.74. The molecule has 2 aromatic heterocycles. The Kier molecular flexibility index (Phi) is 5.69. The van der Waals surface area contributed by atoms with Gasteiger partial charge >= 0.3 is 0 Å². The molecule has 1 aliphatic carbocycles. The van der Waals surface area contributed by atoms with E-state index in [0.717, 1.165) is 56.1 Å². The lowest BCUT2D eigenvalue weighted by Crippen LogP contribution is -2.49. The molecule has 0 spiro atoms. The summed E-state index contributed by atoms with van der Waals surface area (Å²) in [4.78, 5) is 36.2. The molecule has 1 aromatic carbocycles. The number of hydrogen-bond donors (Lipinski definition) is 2. The number of rotatable bonds is 4. The molecule has 3 heterocycles. The van der Waals surface area contributed by atoms with E-state index in [1.165, 1.54) is 17.4 Å². The van der Waals surface area contributed by atoms with E-state index in [1.54, 1.807) is 25.4 Å². The lowest BCUT2D eigenvalue weighted by atomic mass is 10.00. The Hall–Kier alpha value is -2.78. The quantitative estimate of drug-likeness (QED) is 0.632. The summed E-state index contributed by atoms with van der Waals surface area (Å²) < 4.78 is 14.0. The fourth-order valence-corrected chi connectivity index (χ4v) is 5.94. The van der Waals surface area contributed by atoms with E-state index in [-0.39, 0.29) is 22.8 Å². The van der Waals surface area contributed by atoms with Gasteiger partial charge in [-0.15, -0.1) is 0 Å². The average molecular weight is 456 g/mol. The van der Waals surface area contributed by atoms with Crippen LogP contribution in [0.15, 0.2) is 35.3 Å². The first-order chi connectivity index (χ1) is 15.5. The Morgan fingerprint density at radius 3 is 2.84 bits per heavy atom. The molecule has 2 fully saturated rings. The summed E-state index contributed by atoms with van der Waals surface area (Å²) in [5, 5.41) is 4.96. The minimum Gasteiger partial charge on any atom is -0.360 e. The molecule has 0 unspecified atom stereocenters. The predicted octanol–water partition coefficient (Wildman–Crippen LogP) is 2.94. The Morgan fingerprint density at radius 2 is 2.06 bits per heavy atom. The van der Waals surface area contributed by atoms with E-state index in [4.69, 9.17) is 0 Å². The Morgan fingerprint density at radius 1 is 1.25 bits per heavy atom. The molecule has 2 aliphatic rings. The molecule has 168 valence electrons. The number of amides is 1. The van der Waals surface area contributed by atoms with E-state index < -0.39 is 5.82 Å². The van der Waals surface area contributed by atoms with Gasteiger partial charge in [0.25, 0.3) is 11.5 Å². The smallest absolute Gasteiger partial charge is 0.280 e. The summed E-state index contributed by atoms with van der Waals surface area (Å²) in [6, 6.07) is 7.21. The van der Waals surface area contributed by atoms with Crippen LogP contribution in [-0.2, 0) is 0 Å². The number of piperazine rings is 1. The first kappa shape index (κ1) is 21.1. The van der Waals surface area contributed by atoms with Crippen LogP contribution in [0.1, 0.15) is 40.7 Å². The van der Waals surface area contributed by atoms with Gasteiger partial charge < -0.3 is 15.2 Å². The fraction of sp³-hybridized carbons (Fsp3) is 0.435. The number of hydrogen-bond acceptors (Lipinski definition) is 6. The third kappa shape index (κ3) is 3.91. The molecule has 1 amide bonds. The summed E-state index contributed by atoms with van der Waals surface area (Å²) in [5.74, 6) is -0.331. The number of aromatic nitrogens is 2. The van der Waals surface area contributed by atoms with Crippen molar-refractivity contribution in [2.24, 2.45) is 0 Å². The second-order valence-electron chi connectivity index (χ2n) is 8.53. The number of anilines is 1. The molecule has 32 heavy (non-hydrogen) atoms. The Balaban J connectivity index is 1.22. The van der Waals surface area contributed by atoms with Crippen LogP contribution in [0.4, 0.5) is 9.39 Å². The molecule has 1 saturated heterocycles. The molecule has 2 atom stereocenters. The van der Waals surface area contributed by atoms with Gasteiger partial charge in [0.05, 0.1) is 11.6 Å². The highest BCUT2D eigenvalue weighted by atomic mass is 32.1. The molecule has 0 radical (unpaired) electrons. The van der Waals surface area contributed by atoms with Gasteiger partial charge in [0.2, 0.25) is 0 Å². The normalized spacial score (nSPS) is 21.9. The second-order valence-corrected chi connectivity index (χ2v) is 9.54. The van der Waals surface area contributed by atoms with Crippen molar-refractivity contribution in [3.8, 4) is 0 Å². The third-order valence-corrected chi connectivity index (χ3v) is 7.80. The van der Waals surface area contributed by atoms with E-state index >= 15 is 0 Å². The number of nitrogens with zero attached hydrogens (tertiary/aromatic N) is 3. The number of nitrogens with one attached hydrogen (secondary N) is 2. The van der Waals surface area contributed by atoms with Crippen molar-refractivity contribution in [3.63, 3.8) is 0 Å². The van der Waals surface area contributed by atoms with Crippen molar-refractivity contribution >= 4 is 33.0 Å². The van der Waals surface area contributed by atoms with Gasteiger partial charge in [-0.2, -0.15) is 0 Å². The lowest BCUT2D eigenvalue weighted by molar-refractivity contribution is 0.0962. The third-order valence-electron chi connectivity index (χ3n) is 6.74. The molecule has 0 bridgehead atoms. The van der Waals surface area contributed by atoms with E-state index in [1.807, 2.05) is 6.07 Å². The van der Waals surface area contributed by atoms with Crippen LogP contribution >= 0.6 is 11.3 Å². The summed E-state index contributed by atoms with van der Waals surface area (Å²) in [7, 11) is 1.61. The van der Waals surface area contributed by atoms with E-state index in [9.17, 15) is 14.0 Å². The van der Waals surface area contributed by atoms with Gasteiger partial charge in [-0.25, -0.2) is 9.37 Å². The van der Waals surface area contributed by atoms with Gasteiger partial charge in [-0.3, -0.25) is 14.5 Å². The molecule has 3 aromatic rings. The van der Waals surface area contributed by atoms with E-state index in [0.29, 0.717) is 16.4 Å². The maximum absolute atomic E-state index is 14.0. The number of thiazole rings is 1. The van der Waals surface area contributed by atoms with Crippen molar-refractivity contribution in [2.75, 3.05) is 38.1 Å². The minimum absolute atomic E-state index is 0.143. The molecule has 5 rings (SSSR count). The zero-order chi connectivity index (χ0) is 22.2. The maximum Gasteiger partial charge on any atom is 0.280 e. The fourth-order valence-electron chi connectivity index (χ4n) is 5.02. The molecule has 7 nitrogen and oxygen atoms in total. The standard InChI is InChI=1S/C23H26FN5O2S/c1-25-22(31)23-26-13-19(32-23)29-9-7-28(8-10-29)16-6-5-14(11-16)18-12-15-3-2-4-17(24)20(15)21(30)27-18/h2-4,12-14,16H,5-11H2,1H3,(H,25,31)(H,27,30)/t14-,16-/m1/s1. The Labute approximate surface area is 189 Å². The minimum atomic E-state index is -0.471. The van der Waals surface area contributed by atoms with Crippen LogP contribution in [0, 0.1) is 5.82 Å². The number of aromatic amines is 1. The maximum atomic E-state index is 14.0. The molecule has 2 N–H and O–H groups in total. The largest absolute Gasteiger partial charge is 0.360 e. The van der Waals surface area contributed by atoms with Crippen molar-refractivity contribution in [1.82, 2.24) is 20.2 Å².